The van der Waals surface area contributed by atoms with Crippen LogP contribution in [0.15, 0.2) is 10.2 Å². The second-order valence-electron chi connectivity index (χ2n) is 11.9. The minimum absolute atomic E-state index is 0.575. The molecule has 220 valence electrons. The normalized spacial score (nSPS) is 31.7. The molecular weight excluding hydrogens is 687 g/mol. The second kappa shape index (κ2) is 17.1. The second-order valence-corrected chi connectivity index (χ2v) is 19.1. The maximum atomic E-state index is 4.56. The van der Waals surface area contributed by atoms with E-state index in [1.54, 1.807) is 0 Å². The fraction of sp³-hybridized carbons (Fsp3) is 0.857. The van der Waals surface area contributed by atoms with Crippen molar-refractivity contribution < 1.29 is 13.9 Å². The van der Waals surface area contributed by atoms with Crippen molar-refractivity contribution in [2.45, 2.75) is 106 Å². The fourth-order valence-corrected chi connectivity index (χ4v) is 6.26. The molecule has 2 heterocycles. The van der Waals surface area contributed by atoms with Gasteiger partial charge in [0.1, 0.15) is 0 Å². The summed E-state index contributed by atoms with van der Waals surface area (Å²) >= 11 is 6.80. The van der Waals surface area contributed by atoms with E-state index < -0.39 is 0 Å². The molecule has 37 heavy (non-hydrogen) atoms. The van der Waals surface area contributed by atoms with Crippen molar-refractivity contribution in [2.24, 2.45) is 45.7 Å². The van der Waals surface area contributed by atoms with Gasteiger partial charge in [-0.25, -0.2) is 10.2 Å². The Morgan fingerprint density at radius 2 is 1.11 bits per heavy atom. The van der Waals surface area contributed by atoms with E-state index in [1.165, 1.54) is 38.5 Å². The Labute approximate surface area is 250 Å². The standard InChI is InChI=1S/2C14H26N3.2BrH.Pd/c2*1-5-16-9-15-17(10-16)14-8-12(4)6-7-13(14)11(2)3;;;/h2*9-14H,5-8H2,1-4H3;2*1H;/q2*-1;;;+2/p-2/t2*12-,13+,14-;;;/m11.../s1. The van der Waals surface area contributed by atoms with Crippen molar-refractivity contribution in [2.75, 3.05) is 13.1 Å². The zero-order valence-electron chi connectivity index (χ0n) is 24.3. The number of hydrogen-bond acceptors (Lipinski definition) is 6. The third-order valence-corrected chi connectivity index (χ3v) is 8.58. The van der Waals surface area contributed by atoms with E-state index in [0.29, 0.717) is 26.0 Å². The molecule has 6 nitrogen and oxygen atoms in total. The molecule has 0 saturated heterocycles. The van der Waals surface area contributed by atoms with Gasteiger partial charge in [0.2, 0.25) is 0 Å². The van der Waals surface area contributed by atoms with Gasteiger partial charge in [-0.1, -0.05) is 54.4 Å². The molecule has 4 aliphatic rings. The molecule has 6 atom stereocenters. The van der Waals surface area contributed by atoms with Crippen LogP contribution >= 0.6 is 26.9 Å². The molecule has 9 heteroatoms. The van der Waals surface area contributed by atoms with Crippen molar-refractivity contribution in [1.29, 1.82) is 0 Å². The first-order chi connectivity index (χ1) is 17.6. The van der Waals surface area contributed by atoms with Gasteiger partial charge < -0.3 is 19.8 Å². The molecule has 0 aromatic heterocycles. The van der Waals surface area contributed by atoms with Crippen LogP contribution in [0.5, 0.6) is 0 Å². The summed E-state index contributed by atoms with van der Waals surface area (Å²) < 4.78 is 0. The summed E-state index contributed by atoms with van der Waals surface area (Å²) in [5.74, 6) is 4.77. The number of hydrazone groups is 2. The number of hydrogen-bond donors (Lipinski definition) is 0. The molecule has 0 radical (unpaired) electrons. The van der Waals surface area contributed by atoms with Crippen LogP contribution in [-0.2, 0) is 13.9 Å². The van der Waals surface area contributed by atoms with Crippen LogP contribution in [-0.4, -0.2) is 57.7 Å². The van der Waals surface area contributed by atoms with E-state index in [1.807, 2.05) is 12.7 Å². The van der Waals surface area contributed by atoms with Crippen molar-refractivity contribution >= 4 is 39.5 Å². The number of nitrogens with zero attached hydrogens (tertiary/aromatic N) is 6. The molecule has 0 aromatic rings. The Balaban J connectivity index is 0.000000235. The molecule has 0 unspecified atom stereocenters. The average molecular weight is 739 g/mol. The van der Waals surface area contributed by atoms with Gasteiger partial charge in [0.15, 0.2) is 0 Å². The molecule has 4 rings (SSSR count). The maximum absolute atomic E-state index is 4.56. The third kappa shape index (κ3) is 10.3. The van der Waals surface area contributed by atoms with E-state index in [2.05, 4.69) is 126 Å². The Morgan fingerprint density at radius 3 is 1.38 bits per heavy atom. The van der Waals surface area contributed by atoms with Gasteiger partial charge in [0.05, 0.1) is 12.7 Å². The molecule has 2 saturated carbocycles. The molecule has 0 aromatic carbocycles. The predicted octanol–water partition coefficient (Wildman–Crippen LogP) is 7.98. The van der Waals surface area contributed by atoms with Gasteiger partial charge in [-0.2, -0.15) is 0 Å². The monoisotopic (exact) mass is 736 g/mol. The Morgan fingerprint density at radius 1 is 0.757 bits per heavy atom. The summed E-state index contributed by atoms with van der Waals surface area (Å²) in [4.78, 5) is 4.33. The van der Waals surface area contributed by atoms with E-state index in [9.17, 15) is 0 Å². The summed E-state index contributed by atoms with van der Waals surface area (Å²) in [6.45, 7) is 24.9. The van der Waals surface area contributed by atoms with Crippen LogP contribution in [0, 0.1) is 48.8 Å². The average Bonchev–Trinajstić information content (AvgIpc) is 3.54. The van der Waals surface area contributed by atoms with Crippen LogP contribution in [0.1, 0.15) is 93.9 Å². The van der Waals surface area contributed by atoms with Gasteiger partial charge in [0, 0.05) is 12.1 Å². The van der Waals surface area contributed by atoms with Crippen LogP contribution in [0.2, 0.25) is 0 Å². The summed E-state index contributed by atoms with van der Waals surface area (Å²) in [7, 11) is 0. The Kier molecular flexibility index (Phi) is 15.4. The van der Waals surface area contributed by atoms with Gasteiger partial charge in [-0.05, 0) is 88.1 Å². The SMILES string of the molecule is CCN1C=NN([C@@H]2C[C@H](C)CC[C@H]2C(C)C)[CH-]1.CCN1C=NN([C@@H]2C[C@H](C)CC[C@H]2C(C)C)[CH-]1.[Br][Pd][Br]. The molecule has 2 aliphatic carbocycles. The Hall–Kier alpha value is 0.162. The van der Waals surface area contributed by atoms with Crippen molar-refractivity contribution in [3.8, 4) is 0 Å². The zero-order chi connectivity index (χ0) is 27.5. The first-order valence-electron chi connectivity index (χ1n) is 14.3. The molecule has 0 amide bonds. The van der Waals surface area contributed by atoms with E-state index in [0.717, 1.165) is 48.6 Å². The van der Waals surface area contributed by atoms with Gasteiger partial charge in [0.25, 0.3) is 0 Å². The van der Waals surface area contributed by atoms with Crippen molar-refractivity contribution in [3.63, 3.8) is 0 Å². The molecule has 2 fully saturated rings. The topological polar surface area (TPSA) is 37.7 Å². The minimum atomic E-state index is 0.575. The number of halogens is 2. The molecule has 0 spiro atoms. The summed E-state index contributed by atoms with van der Waals surface area (Å²) in [6, 6.07) is 1.21. The van der Waals surface area contributed by atoms with Gasteiger partial charge in [-0.3, -0.25) is 0 Å². The molecule has 0 N–H and O–H groups in total. The third-order valence-electron chi connectivity index (χ3n) is 8.58. The van der Waals surface area contributed by atoms with Crippen LogP contribution in [0.4, 0.5) is 0 Å². The fourth-order valence-electron chi connectivity index (χ4n) is 6.26. The summed E-state index contributed by atoms with van der Waals surface area (Å²) in [5.41, 5.74) is 0. The molecule has 2 aliphatic heterocycles. The van der Waals surface area contributed by atoms with Gasteiger partial charge >= 0.3 is 40.8 Å². The quantitative estimate of drug-likeness (QED) is 0.205. The summed E-state index contributed by atoms with van der Waals surface area (Å²) in [6.07, 6.45) is 12.0. The first kappa shape index (κ1) is 33.4. The van der Waals surface area contributed by atoms with Crippen molar-refractivity contribution in [1.82, 2.24) is 19.8 Å². The van der Waals surface area contributed by atoms with Crippen LogP contribution < -0.4 is 0 Å². The van der Waals surface area contributed by atoms with Crippen molar-refractivity contribution in [3.05, 3.63) is 13.3 Å². The molecule has 0 bridgehead atoms. The summed E-state index contributed by atoms with van der Waals surface area (Å²) in [5, 5.41) is 13.5. The number of rotatable bonds is 6. The predicted molar refractivity (Wildman–Crippen MR) is 162 cm³/mol. The van der Waals surface area contributed by atoms with Crippen LogP contribution in [0.3, 0.4) is 0 Å². The van der Waals surface area contributed by atoms with E-state index in [4.69, 9.17) is 0 Å². The van der Waals surface area contributed by atoms with E-state index >= 15 is 0 Å². The molecular formula is C28H52Br2N6Pd-2. The zero-order valence-corrected chi connectivity index (χ0v) is 29.1. The van der Waals surface area contributed by atoms with E-state index in [-0.39, 0.29) is 0 Å². The van der Waals surface area contributed by atoms with Gasteiger partial charge in [-0.15, -0.1) is 13.3 Å². The Bertz CT molecular complexity index is 638. The first-order valence-corrected chi connectivity index (χ1v) is 21.4. The van der Waals surface area contributed by atoms with Crippen LogP contribution in [0.25, 0.3) is 0 Å².